The first-order valence-electron chi connectivity index (χ1n) is 5.18. The van der Waals surface area contributed by atoms with Gasteiger partial charge in [-0.2, -0.15) is 0 Å². The molecule has 0 radical (unpaired) electrons. The van der Waals surface area contributed by atoms with Crippen LogP contribution in [0.3, 0.4) is 0 Å². The van der Waals surface area contributed by atoms with Gasteiger partial charge in [-0.25, -0.2) is 0 Å². The number of benzene rings is 1. The van der Waals surface area contributed by atoms with Gasteiger partial charge in [0.1, 0.15) is 22.8 Å². The molecule has 88 valence electrons. The summed E-state index contributed by atoms with van der Waals surface area (Å²) >= 11 is 0. The third kappa shape index (κ3) is 1.96. The number of hydrogen-bond acceptors (Lipinski definition) is 4. The first-order valence-corrected chi connectivity index (χ1v) is 5.18. The minimum atomic E-state index is -0.383. The second kappa shape index (κ2) is 4.43. The lowest BCUT2D eigenvalue weighted by molar-refractivity contribution is 0.0921. The molecule has 0 amide bonds. The Morgan fingerprint density at radius 3 is 2.38 bits per heavy atom. The molecule has 0 spiro atoms. The van der Waals surface area contributed by atoms with Crippen molar-refractivity contribution in [2.45, 2.75) is 27.2 Å². The van der Waals surface area contributed by atoms with Gasteiger partial charge < -0.3 is 15.3 Å². The standard InChI is InChI=1S/C12H16O4/c1-4-6(2)11(15)10-9(14)5-8(13)7(3)12(10)16/h5-6,13-14,16H,4H2,1-3H3/t6-/m1/s1. The number of ketones is 1. The lowest BCUT2D eigenvalue weighted by Gasteiger charge is -2.13. The van der Waals surface area contributed by atoms with Crippen molar-refractivity contribution in [2.24, 2.45) is 5.92 Å². The summed E-state index contributed by atoms with van der Waals surface area (Å²) in [5, 5.41) is 28.7. The number of carbonyl (C=O) groups excluding carboxylic acids is 1. The molecule has 0 aliphatic carbocycles. The first-order chi connectivity index (χ1) is 7.40. The Hall–Kier alpha value is -1.71. The summed E-state index contributed by atoms with van der Waals surface area (Å²) in [5.41, 5.74) is 0.0918. The number of aromatic hydroxyl groups is 3. The zero-order valence-corrected chi connectivity index (χ0v) is 9.61. The minimum absolute atomic E-state index is 0.107. The zero-order chi connectivity index (χ0) is 12.5. The van der Waals surface area contributed by atoms with Gasteiger partial charge in [-0.15, -0.1) is 0 Å². The van der Waals surface area contributed by atoms with Gasteiger partial charge in [-0.3, -0.25) is 4.79 Å². The highest BCUT2D eigenvalue weighted by Gasteiger charge is 2.23. The highest BCUT2D eigenvalue weighted by Crippen LogP contribution is 2.38. The van der Waals surface area contributed by atoms with Crippen LogP contribution in [0.2, 0.25) is 0 Å². The fraction of sp³-hybridized carbons (Fsp3) is 0.417. The first kappa shape index (κ1) is 12.4. The number of hydrogen-bond donors (Lipinski definition) is 3. The van der Waals surface area contributed by atoms with Crippen LogP contribution in [0.15, 0.2) is 6.07 Å². The highest BCUT2D eigenvalue weighted by atomic mass is 16.3. The molecule has 0 aliphatic heterocycles. The van der Waals surface area contributed by atoms with Crippen molar-refractivity contribution in [3.63, 3.8) is 0 Å². The van der Waals surface area contributed by atoms with Crippen molar-refractivity contribution < 1.29 is 20.1 Å². The maximum Gasteiger partial charge on any atom is 0.173 e. The third-order valence-electron chi connectivity index (χ3n) is 2.81. The van der Waals surface area contributed by atoms with Crippen LogP contribution in [0.5, 0.6) is 17.2 Å². The molecule has 1 rings (SSSR count). The van der Waals surface area contributed by atoms with Gasteiger partial charge in [0, 0.05) is 17.5 Å². The van der Waals surface area contributed by atoms with E-state index < -0.39 is 0 Å². The fourth-order valence-electron chi connectivity index (χ4n) is 1.41. The highest BCUT2D eigenvalue weighted by molar-refractivity contribution is 6.03. The van der Waals surface area contributed by atoms with Crippen molar-refractivity contribution in [1.82, 2.24) is 0 Å². The number of carbonyl (C=O) groups is 1. The van der Waals surface area contributed by atoms with E-state index in [2.05, 4.69) is 0 Å². The summed E-state index contributed by atoms with van der Waals surface area (Å²) in [6.07, 6.45) is 0.623. The zero-order valence-electron chi connectivity index (χ0n) is 9.61. The number of phenols is 3. The van der Waals surface area contributed by atoms with Crippen molar-refractivity contribution in [2.75, 3.05) is 0 Å². The van der Waals surface area contributed by atoms with Gasteiger partial charge >= 0.3 is 0 Å². The van der Waals surface area contributed by atoms with Gasteiger partial charge in [0.05, 0.1) is 0 Å². The molecule has 0 bridgehead atoms. The third-order valence-corrected chi connectivity index (χ3v) is 2.81. The maximum atomic E-state index is 11.9. The number of phenolic OH excluding ortho intramolecular Hbond substituents is 3. The van der Waals surface area contributed by atoms with Crippen molar-refractivity contribution in [3.8, 4) is 17.2 Å². The molecule has 1 aromatic carbocycles. The van der Waals surface area contributed by atoms with E-state index in [1.807, 2.05) is 6.92 Å². The molecule has 0 heterocycles. The monoisotopic (exact) mass is 224 g/mol. The van der Waals surface area contributed by atoms with Crippen LogP contribution in [0.25, 0.3) is 0 Å². The molecule has 4 nitrogen and oxygen atoms in total. The molecule has 1 atom stereocenters. The van der Waals surface area contributed by atoms with Gasteiger partial charge in [-0.1, -0.05) is 13.8 Å². The van der Waals surface area contributed by atoms with Crippen LogP contribution >= 0.6 is 0 Å². The van der Waals surface area contributed by atoms with Gasteiger partial charge in [0.2, 0.25) is 0 Å². The molecule has 0 aromatic heterocycles. The average molecular weight is 224 g/mol. The molecular formula is C12H16O4. The van der Waals surface area contributed by atoms with Crippen molar-refractivity contribution in [3.05, 3.63) is 17.2 Å². The summed E-state index contributed by atoms with van der Waals surface area (Å²) in [5.74, 6) is -1.55. The summed E-state index contributed by atoms with van der Waals surface area (Å²) in [6, 6.07) is 1.07. The summed E-state index contributed by atoms with van der Waals surface area (Å²) < 4.78 is 0. The Kier molecular flexibility index (Phi) is 3.42. The normalized spacial score (nSPS) is 12.4. The number of rotatable bonds is 3. The molecule has 1 aromatic rings. The minimum Gasteiger partial charge on any atom is -0.507 e. The van der Waals surface area contributed by atoms with Crippen LogP contribution in [-0.2, 0) is 0 Å². The van der Waals surface area contributed by atoms with E-state index in [1.165, 1.54) is 6.92 Å². The molecule has 0 fully saturated rings. The number of Topliss-reactive ketones (excluding diaryl/α,β-unsaturated/α-hetero) is 1. The topological polar surface area (TPSA) is 77.8 Å². The van der Waals surface area contributed by atoms with Gasteiger partial charge in [0.25, 0.3) is 0 Å². The molecule has 0 unspecified atom stereocenters. The SMILES string of the molecule is CC[C@@H](C)C(=O)c1c(O)cc(O)c(C)c1O. The van der Waals surface area contributed by atoms with Crippen molar-refractivity contribution >= 4 is 5.78 Å². The Morgan fingerprint density at radius 2 is 1.88 bits per heavy atom. The fourth-order valence-corrected chi connectivity index (χ4v) is 1.41. The van der Waals surface area contributed by atoms with E-state index in [9.17, 15) is 20.1 Å². The lowest BCUT2D eigenvalue weighted by Crippen LogP contribution is -2.11. The molecule has 3 N–H and O–H groups in total. The van der Waals surface area contributed by atoms with Crippen LogP contribution in [-0.4, -0.2) is 21.1 Å². The quantitative estimate of drug-likeness (QED) is 0.688. The smallest absolute Gasteiger partial charge is 0.173 e. The molecule has 4 heteroatoms. The molecule has 16 heavy (non-hydrogen) atoms. The summed E-state index contributed by atoms with van der Waals surface area (Å²) in [4.78, 5) is 11.9. The van der Waals surface area contributed by atoms with Crippen LogP contribution in [0.1, 0.15) is 36.2 Å². The van der Waals surface area contributed by atoms with Crippen molar-refractivity contribution in [1.29, 1.82) is 0 Å². The summed E-state index contributed by atoms with van der Waals surface area (Å²) in [7, 11) is 0. The molecule has 0 saturated heterocycles. The molecule has 0 saturated carbocycles. The Balaban J connectivity index is 3.34. The average Bonchev–Trinajstić information content (AvgIpc) is 2.24. The van der Waals surface area contributed by atoms with E-state index in [-0.39, 0.29) is 40.1 Å². The molecule has 0 aliphatic rings. The Labute approximate surface area is 94.2 Å². The van der Waals surface area contributed by atoms with Gasteiger partial charge in [0.15, 0.2) is 5.78 Å². The van der Waals surface area contributed by atoms with E-state index >= 15 is 0 Å². The summed E-state index contributed by atoms with van der Waals surface area (Å²) in [6.45, 7) is 5.06. The van der Waals surface area contributed by atoms with Crippen LogP contribution in [0.4, 0.5) is 0 Å². The van der Waals surface area contributed by atoms with E-state index in [4.69, 9.17) is 0 Å². The van der Waals surface area contributed by atoms with E-state index in [0.717, 1.165) is 6.07 Å². The predicted molar refractivity (Wildman–Crippen MR) is 60.0 cm³/mol. The second-order valence-electron chi connectivity index (χ2n) is 3.94. The van der Waals surface area contributed by atoms with E-state index in [1.54, 1.807) is 6.92 Å². The second-order valence-corrected chi connectivity index (χ2v) is 3.94. The largest absolute Gasteiger partial charge is 0.507 e. The van der Waals surface area contributed by atoms with Crippen LogP contribution in [0, 0.1) is 12.8 Å². The Bertz CT molecular complexity index is 424. The predicted octanol–water partition coefficient (Wildman–Crippen LogP) is 2.34. The lowest BCUT2D eigenvalue weighted by atomic mass is 9.94. The van der Waals surface area contributed by atoms with E-state index in [0.29, 0.717) is 6.42 Å². The van der Waals surface area contributed by atoms with Crippen LogP contribution < -0.4 is 0 Å². The molecular weight excluding hydrogens is 208 g/mol. The van der Waals surface area contributed by atoms with Gasteiger partial charge in [-0.05, 0) is 13.3 Å². The maximum absolute atomic E-state index is 11.9. The Morgan fingerprint density at radius 1 is 1.31 bits per heavy atom.